The molecular formula is C18H24F2IN3O3. The summed E-state index contributed by atoms with van der Waals surface area (Å²) >= 11 is 0. The number of nitrogens with zero attached hydrogens (tertiary/aromatic N) is 1. The summed E-state index contributed by atoms with van der Waals surface area (Å²) in [6, 6.07) is 6.61. The quantitative estimate of drug-likeness (QED) is 0.346. The van der Waals surface area contributed by atoms with Gasteiger partial charge in [0.2, 0.25) is 0 Å². The van der Waals surface area contributed by atoms with Gasteiger partial charge >= 0.3 is 6.61 Å². The van der Waals surface area contributed by atoms with Gasteiger partial charge in [0.25, 0.3) is 0 Å². The molecule has 2 rings (SSSR count). The number of guanidine groups is 1. The highest BCUT2D eigenvalue weighted by Crippen LogP contribution is 2.25. The van der Waals surface area contributed by atoms with Crippen LogP contribution in [0.15, 0.2) is 33.7 Å². The molecule has 0 fully saturated rings. The monoisotopic (exact) mass is 495 g/mol. The topological polar surface area (TPSA) is 68.0 Å². The Bertz CT molecular complexity index is 766. The Hall–Kier alpha value is -2.04. The molecule has 1 heterocycles. The maximum atomic E-state index is 12.6. The number of rotatable bonds is 7. The first-order valence-corrected chi connectivity index (χ1v) is 8.05. The molecule has 0 radical (unpaired) electrons. The predicted octanol–water partition coefficient (Wildman–Crippen LogP) is 3.99. The fourth-order valence-corrected chi connectivity index (χ4v) is 2.47. The largest absolute Gasteiger partial charge is 0.497 e. The van der Waals surface area contributed by atoms with Crippen molar-refractivity contribution in [3.8, 4) is 11.5 Å². The van der Waals surface area contributed by atoms with Crippen LogP contribution in [0, 0.1) is 13.8 Å². The van der Waals surface area contributed by atoms with Crippen molar-refractivity contribution in [2.24, 2.45) is 4.99 Å². The second-order valence-electron chi connectivity index (χ2n) is 5.57. The van der Waals surface area contributed by atoms with Crippen LogP contribution in [0.3, 0.4) is 0 Å². The van der Waals surface area contributed by atoms with Crippen molar-refractivity contribution >= 4 is 29.9 Å². The van der Waals surface area contributed by atoms with Gasteiger partial charge in [-0.05, 0) is 38.1 Å². The van der Waals surface area contributed by atoms with Crippen molar-refractivity contribution in [3.63, 3.8) is 0 Å². The van der Waals surface area contributed by atoms with Crippen molar-refractivity contribution in [2.75, 3.05) is 14.2 Å². The van der Waals surface area contributed by atoms with E-state index in [-0.39, 0.29) is 36.3 Å². The third-order valence-electron chi connectivity index (χ3n) is 3.74. The maximum Gasteiger partial charge on any atom is 0.387 e. The van der Waals surface area contributed by atoms with Gasteiger partial charge < -0.3 is 24.5 Å². The van der Waals surface area contributed by atoms with Crippen molar-refractivity contribution in [1.29, 1.82) is 0 Å². The molecule has 0 aliphatic carbocycles. The fraction of sp³-hybridized carbons (Fsp3) is 0.389. The Kier molecular flexibility index (Phi) is 9.33. The Balaban J connectivity index is 0.00000364. The lowest BCUT2D eigenvalue weighted by atomic mass is 10.2. The predicted molar refractivity (Wildman–Crippen MR) is 110 cm³/mol. The standard InChI is InChI=1S/C18H23F2N3O3.HI/c1-11-7-13(12(2)25-11)9-22-18(21-3)23-10-14-8-15(24-4)5-6-16(14)26-17(19)20;/h5-8,17H,9-10H2,1-4H3,(H2,21,22,23);1H. The normalized spacial score (nSPS) is 11.1. The lowest BCUT2D eigenvalue weighted by molar-refractivity contribution is -0.0504. The number of ether oxygens (including phenoxy) is 2. The van der Waals surface area contributed by atoms with Crippen LogP contribution in [0.25, 0.3) is 0 Å². The van der Waals surface area contributed by atoms with Gasteiger partial charge in [0.15, 0.2) is 5.96 Å². The average molecular weight is 495 g/mol. The summed E-state index contributed by atoms with van der Waals surface area (Å²) in [5.74, 6) is 2.84. The number of benzene rings is 1. The molecule has 9 heteroatoms. The van der Waals surface area contributed by atoms with E-state index in [4.69, 9.17) is 9.15 Å². The number of aliphatic imine (C=N–C) groups is 1. The first-order valence-electron chi connectivity index (χ1n) is 8.05. The molecule has 1 aromatic heterocycles. The minimum Gasteiger partial charge on any atom is -0.497 e. The lowest BCUT2D eigenvalue weighted by Crippen LogP contribution is -2.36. The zero-order valence-electron chi connectivity index (χ0n) is 15.6. The van der Waals surface area contributed by atoms with Gasteiger partial charge in [0.05, 0.1) is 7.11 Å². The molecule has 2 N–H and O–H groups in total. The van der Waals surface area contributed by atoms with E-state index in [2.05, 4.69) is 20.4 Å². The zero-order chi connectivity index (χ0) is 19.1. The highest BCUT2D eigenvalue weighted by molar-refractivity contribution is 14.0. The van der Waals surface area contributed by atoms with Gasteiger partial charge in [-0.3, -0.25) is 4.99 Å². The van der Waals surface area contributed by atoms with Crippen LogP contribution in [0.4, 0.5) is 8.78 Å². The second kappa shape index (κ2) is 11.0. The molecule has 150 valence electrons. The summed E-state index contributed by atoms with van der Waals surface area (Å²) in [5, 5.41) is 6.23. The van der Waals surface area contributed by atoms with E-state index in [0.717, 1.165) is 17.1 Å². The van der Waals surface area contributed by atoms with Crippen molar-refractivity contribution in [3.05, 3.63) is 46.9 Å². The summed E-state index contributed by atoms with van der Waals surface area (Å²) in [7, 11) is 3.14. The first kappa shape index (κ1) is 23.0. The van der Waals surface area contributed by atoms with Crippen LogP contribution in [0.1, 0.15) is 22.6 Å². The van der Waals surface area contributed by atoms with Crippen molar-refractivity contribution < 1.29 is 22.7 Å². The number of methoxy groups -OCH3 is 1. The Morgan fingerprint density at radius 2 is 1.81 bits per heavy atom. The van der Waals surface area contributed by atoms with Crippen LogP contribution in [0.2, 0.25) is 0 Å². The highest BCUT2D eigenvalue weighted by Gasteiger charge is 2.12. The number of halogens is 3. The summed E-state index contributed by atoms with van der Waals surface area (Å²) < 4.78 is 40.3. The van der Waals surface area contributed by atoms with Crippen LogP contribution in [-0.2, 0) is 13.1 Å². The van der Waals surface area contributed by atoms with E-state index in [0.29, 0.717) is 23.8 Å². The molecule has 0 unspecified atom stereocenters. The van der Waals surface area contributed by atoms with Crippen molar-refractivity contribution in [2.45, 2.75) is 33.5 Å². The average Bonchev–Trinajstić information content (AvgIpc) is 2.93. The lowest BCUT2D eigenvalue weighted by Gasteiger charge is -2.15. The Morgan fingerprint density at radius 1 is 1.15 bits per heavy atom. The van der Waals surface area contributed by atoms with E-state index >= 15 is 0 Å². The molecule has 2 aromatic rings. The summed E-state index contributed by atoms with van der Waals surface area (Å²) in [6.07, 6.45) is 0. The smallest absolute Gasteiger partial charge is 0.387 e. The minimum atomic E-state index is -2.90. The number of hydrogen-bond acceptors (Lipinski definition) is 4. The molecule has 27 heavy (non-hydrogen) atoms. The molecule has 6 nitrogen and oxygen atoms in total. The van der Waals surface area contributed by atoms with Crippen LogP contribution in [-0.4, -0.2) is 26.7 Å². The van der Waals surface area contributed by atoms with Gasteiger partial charge in [-0.2, -0.15) is 8.78 Å². The van der Waals surface area contributed by atoms with Gasteiger partial charge in [0.1, 0.15) is 23.0 Å². The number of furan rings is 1. The fourth-order valence-electron chi connectivity index (χ4n) is 2.47. The molecule has 0 amide bonds. The number of alkyl halides is 2. The zero-order valence-corrected chi connectivity index (χ0v) is 18.0. The molecule has 1 aromatic carbocycles. The van der Waals surface area contributed by atoms with Crippen LogP contribution >= 0.6 is 24.0 Å². The number of aryl methyl sites for hydroxylation is 2. The molecule has 0 spiro atoms. The van der Waals surface area contributed by atoms with E-state index in [1.807, 2.05) is 19.9 Å². The molecule has 0 aliphatic heterocycles. The molecule has 0 atom stereocenters. The van der Waals surface area contributed by atoms with E-state index in [1.54, 1.807) is 19.2 Å². The molecule has 0 saturated carbocycles. The first-order chi connectivity index (χ1) is 12.4. The summed E-state index contributed by atoms with van der Waals surface area (Å²) in [4.78, 5) is 4.13. The van der Waals surface area contributed by atoms with Gasteiger partial charge in [-0.15, -0.1) is 24.0 Å². The Morgan fingerprint density at radius 3 is 2.33 bits per heavy atom. The highest BCUT2D eigenvalue weighted by atomic mass is 127. The minimum absolute atomic E-state index is 0. The SMILES string of the molecule is CN=C(NCc1cc(OC)ccc1OC(F)F)NCc1cc(C)oc1C.I. The molecule has 0 aliphatic rings. The van der Waals surface area contributed by atoms with Gasteiger partial charge in [-0.25, -0.2) is 0 Å². The van der Waals surface area contributed by atoms with E-state index < -0.39 is 6.61 Å². The number of nitrogens with one attached hydrogen (secondary N) is 2. The van der Waals surface area contributed by atoms with Crippen LogP contribution in [0.5, 0.6) is 11.5 Å². The number of hydrogen-bond donors (Lipinski definition) is 2. The van der Waals surface area contributed by atoms with E-state index in [9.17, 15) is 8.78 Å². The molecule has 0 bridgehead atoms. The molecular weight excluding hydrogens is 471 g/mol. The van der Waals surface area contributed by atoms with Gasteiger partial charge in [-0.1, -0.05) is 0 Å². The maximum absolute atomic E-state index is 12.6. The summed E-state index contributed by atoms with van der Waals surface area (Å²) in [6.45, 7) is 1.65. The van der Waals surface area contributed by atoms with E-state index in [1.165, 1.54) is 13.2 Å². The summed E-state index contributed by atoms with van der Waals surface area (Å²) in [5.41, 5.74) is 1.55. The van der Waals surface area contributed by atoms with Crippen LogP contribution < -0.4 is 20.1 Å². The van der Waals surface area contributed by atoms with Crippen molar-refractivity contribution in [1.82, 2.24) is 10.6 Å². The second-order valence-corrected chi connectivity index (χ2v) is 5.57. The third kappa shape index (κ3) is 6.89. The third-order valence-corrected chi connectivity index (χ3v) is 3.74. The molecule has 0 saturated heterocycles. The van der Waals surface area contributed by atoms with Gasteiger partial charge in [0, 0.05) is 31.3 Å². The Labute approximate surface area is 174 Å².